The van der Waals surface area contributed by atoms with E-state index in [2.05, 4.69) is 5.32 Å². The molecule has 24 heavy (non-hydrogen) atoms. The maximum Gasteiger partial charge on any atom is 0.248 e. The fourth-order valence-electron chi connectivity index (χ4n) is 2.23. The molecule has 1 N–H and O–H groups in total. The SMILES string of the molecule is COc1ccc(NC(=O)/C=C/c2cc(C)ccc2OC)c(OC)c1. The highest BCUT2D eigenvalue weighted by atomic mass is 16.5. The summed E-state index contributed by atoms with van der Waals surface area (Å²) in [4.78, 5) is 12.2. The first kappa shape index (κ1) is 17.4. The number of hydrogen-bond donors (Lipinski definition) is 1. The topological polar surface area (TPSA) is 56.8 Å². The summed E-state index contributed by atoms with van der Waals surface area (Å²) >= 11 is 0. The van der Waals surface area contributed by atoms with Crippen molar-refractivity contribution in [3.63, 3.8) is 0 Å². The normalized spacial score (nSPS) is 10.5. The van der Waals surface area contributed by atoms with Gasteiger partial charge in [0.2, 0.25) is 5.91 Å². The van der Waals surface area contributed by atoms with Gasteiger partial charge < -0.3 is 19.5 Å². The van der Waals surface area contributed by atoms with Crippen LogP contribution in [0.15, 0.2) is 42.5 Å². The Bertz CT molecular complexity index is 753. The van der Waals surface area contributed by atoms with Gasteiger partial charge in [0.05, 0.1) is 27.0 Å². The number of carbonyl (C=O) groups excluding carboxylic acids is 1. The quantitative estimate of drug-likeness (QED) is 0.823. The standard InChI is InChI=1S/C19H21NO4/c1-13-5-9-17(23-3)14(11-13)6-10-19(21)20-16-8-7-15(22-2)12-18(16)24-4/h5-12H,1-4H3,(H,20,21)/b10-6+. The van der Waals surface area contributed by atoms with Gasteiger partial charge >= 0.3 is 0 Å². The maximum absolute atomic E-state index is 12.2. The van der Waals surface area contributed by atoms with E-state index in [4.69, 9.17) is 14.2 Å². The van der Waals surface area contributed by atoms with Gasteiger partial charge in [-0.3, -0.25) is 4.79 Å². The van der Waals surface area contributed by atoms with Crippen LogP contribution < -0.4 is 19.5 Å². The van der Waals surface area contributed by atoms with Gasteiger partial charge in [-0.2, -0.15) is 0 Å². The Morgan fingerprint density at radius 1 is 0.958 bits per heavy atom. The molecule has 5 nitrogen and oxygen atoms in total. The van der Waals surface area contributed by atoms with Crippen LogP contribution in [0, 0.1) is 6.92 Å². The van der Waals surface area contributed by atoms with E-state index >= 15 is 0 Å². The van der Waals surface area contributed by atoms with Crippen LogP contribution in [-0.2, 0) is 4.79 Å². The van der Waals surface area contributed by atoms with Crippen molar-refractivity contribution in [2.24, 2.45) is 0 Å². The molecule has 0 bridgehead atoms. The van der Waals surface area contributed by atoms with Gasteiger partial charge in [-0.15, -0.1) is 0 Å². The van der Waals surface area contributed by atoms with E-state index in [1.807, 2.05) is 25.1 Å². The Morgan fingerprint density at radius 3 is 2.38 bits per heavy atom. The molecule has 0 atom stereocenters. The summed E-state index contributed by atoms with van der Waals surface area (Å²) in [7, 11) is 4.72. The lowest BCUT2D eigenvalue weighted by molar-refractivity contribution is -0.111. The molecule has 0 saturated carbocycles. The average Bonchev–Trinajstić information content (AvgIpc) is 2.60. The van der Waals surface area contributed by atoms with Crippen molar-refractivity contribution in [3.8, 4) is 17.2 Å². The van der Waals surface area contributed by atoms with Crippen LogP contribution in [0.5, 0.6) is 17.2 Å². The van der Waals surface area contributed by atoms with Gasteiger partial charge in [-0.25, -0.2) is 0 Å². The van der Waals surface area contributed by atoms with Crippen molar-refractivity contribution in [3.05, 3.63) is 53.6 Å². The second kappa shape index (κ2) is 8.06. The zero-order chi connectivity index (χ0) is 17.5. The fraction of sp³-hybridized carbons (Fsp3) is 0.211. The molecule has 5 heteroatoms. The van der Waals surface area contributed by atoms with Crippen molar-refractivity contribution in [1.29, 1.82) is 0 Å². The van der Waals surface area contributed by atoms with E-state index in [1.54, 1.807) is 38.5 Å². The number of rotatable bonds is 6. The van der Waals surface area contributed by atoms with Gasteiger partial charge in [0, 0.05) is 17.7 Å². The van der Waals surface area contributed by atoms with Crippen LogP contribution in [0.4, 0.5) is 5.69 Å². The first-order valence-corrected chi connectivity index (χ1v) is 7.43. The lowest BCUT2D eigenvalue weighted by atomic mass is 10.1. The first-order valence-electron chi connectivity index (χ1n) is 7.43. The van der Waals surface area contributed by atoms with E-state index in [0.717, 1.165) is 11.1 Å². The van der Waals surface area contributed by atoms with Gasteiger partial charge in [0.15, 0.2) is 0 Å². The van der Waals surface area contributed by atoms with E-state index in [-0.39, 0.29) is 5.91 Å². The third-order valence-corrected chi connectivity index (χ3v) is 3.47. The van der Waals surface area contributed by atoms with Gasteiger partial charge in [0.1, 0.15) is 17.2 Å². The van der Waals surface area contributed by atoms with Crippen LogP contribution in [0.2, 0.25) is 0 Å². The molecule has 2 rings (SSSR count). The Hall–Kier alpha value is -2.95. The number of aryl methyl sites for hydroxylation is 1. The van der Waals surface area contributed by atoms with Gasteiger partial charge in [-0.05, 0) is 37.3 Å². The van der Waals surface area contributed by atoms with Crippen molar-refractivity contribution in [2.75, 3.05) is 26.6 Å². The lowest BCUT2D eigenvalue weighted by Crippen LogP contribution is -2.09. The second-order valence-electron chi connectivity index (χ2n) is 5.13. The Kier molecular flexibility index (Phi) is 5.84. The number of carbonyl (C=O) groups is 1. The van der Waals surface area contributed by atoms with Gasteiger partial charge in [-0.1, -0.05) is 11.6 Å². The van der Waals surface area contributed by atoms with E-state index in [9.17, 15) is 4.79 Å². The summed E-state index contributed by atoms with van der Waals surface area (Å²) in [6, 6.07) is 11.0. The Morgan fingerprint density at radius 2 is 1.71 bits per heavy atom. The number of ether oxygens (including phenoxy) is 3. The van der Waals surface area contributed by atoms with E-state index in [0.29, 0.717) is 22.9 Å². The predicted molar refractivity (Wildman–Crippen MR) is 94.9 cm³/mol. The predicted octanol–water partition coefficient (Wildman–Crippen LogP) is 3.67. The molecule has 2 aromatic rings. The molecule has 0 aromatic heterocycles. The molecular formula is C19H21NO4. The largest absolute Gasteiger partial charge is 0.497 e. The van der Waals surface area contributed by atoms with Crippen LogP contribution in [0.3, 0.4) is 0 Å². The monoisotopic (exact) mass is 327 g/mol. The fourth-order valence-corrected chi connectivity index (χ4v) is 2.23. The summed E-state index contributed by atoms with van der Waals surface area (Å²) in [6.07, 6.45) is 3.18. The minimum Gasteiger partial charge on any atom is -0.497 e. The number of amides is 1. The molecule has 0 radical (unpaired) electrons. The zero-order valence-corrected chi connectivity index (χ0v) is 14.3. The molecule has 0 fully saturated rings. The molecule has 1 amide bonds. The minimum atomic E-state index is -0.262. The first-order chi connectivity index (χ1) is 11.6. The molecule has 0 heterocycles. The van der Waals surface area contributed by atoms with Crippen molar-refractivity contribution < 1.29 is 19.0 Å². The zero-order valence-electron chi connectivity index (χ0n) is 14.3. The highest BCUT2D eigenvalue weighted by molar-refractivity contribution is 6.03. The molecular weight excluding hydrogens is 306 g/mol. The smallest absolute Gasteiger partial charge is 0.248 e. The highest BCUT2D eigenvalue weighted by Crippen LogP contribution is 2.29. The summed E-state index contributed by atoms with van der Waals surface area (Å²) in [5.41, 5.74) is 2.51. The van der Waals surface area contributed by atoms with Crippen molar-refractivity contribution in [1.82, 2.24) is 0 Å². The summed E-state index contributed by atoms with van der Waals surface area (Å²) in [5.74, 6) is 1.64. The molecule has 0 aliphatic rings. The van der Waals surface area contributed by atoms with E-state index < -0.39 is 0 Å². The van der Waals surface area contributed by atoms with Gasteiger partial charge in [0.25, 0.3) is 0 Å². The Balaban J connectivity index is 2.15. The van der Waals surface area contributed by atoms with Crippen LogP contribution in [0.25, 0.3) is 6.08 Å². The Labute approximate surface area is 141 Å². The highest BCUT2D eigenvalue weighted by Gasteiger charge is 2.07. The number of hydrogen-bond acceptors (Lipinski definition) is 4. The third-order valence-electron chi connectivity index (χ3n) is 3.47. The molecule has 0 saturated heterocycles. The molecule has 0 aliphatic heterocycles. The number of benzene rings is 2. The lowest BCUT2D eigenvalue weighted by Gasteiger charge is -2.10. The van der Waals surface area contributed by atoms with Crippen LogP contribution in [0.1, 0.15) is 11.1 Å². The molecule has 2 aromatic carbocycles. The van der Waals surface area contributed by atoms with Crippen LogP contribution in [-0.4, -0.2) is 27.2 Å². The average molecular weight is 327 g/mol. The summed E-state index contributed by atoms with van der Waals surface area (Å²) < 4.78 is 15.7. The number of nitrogens with one attached hydrogen (secondary N) is 1. The number of methoxy groups -OCH3 is 3. The molecule has 0 unspecified atom stereocenters. The molecule has 126 valence electrons. The summed E-state index contributed by atoms with van der Waals surface area (Å²) in [5, 5.41) is 2.79. The van der Waals surface area contributed by atoms with Crippen LogP contribution >= 0.6 is 0 Å². The van der Waals surface area contributed by atoms with E-state index in [1.165, 1.54) is 13.2 Å². The molecule has 0 spiro atoms. The molecule has 0 aliphatic carbocycles. The minimum absolute atomic E-state index is 0.262. The third kappa shape index (κ3) is 4.29. The summed E-state index contributed by atoms with van der Waals surface area (Å²) in [6.45, 7) is 1.99. The number of anilines is 1. The van der Waals surface area contributed by atoms with Crippen molar-refractivity contribution >= 4 is 17.7 Å². The maximum atomic E-state index is 12.2. The second-order valence-corrected chi connectivity index (χ2v) is 5.13. The van der Waals surface area contributed by atoms with Crippen molar-refractivity contribution in [2.45, 2.75) is 6.92 Å².